The molecule has 1 aliphatic heterocycles. The van der Waals surface area contributed by atoms with E-state index in [4.69, 9.17) is 0 Å². The highest BCUT2D eigenvalue weighted by atomic mass is 32.1. The monoisotopic (exact) mass is 295 g/mol. The lowest BCUT2D eigenvalue weighted by atomic mass is 9.93. The number of nitrogens with zero attached hydrogens (tertiary/aromatic N) is 2. The zero-order chi connectivity index (χ0) is 14.9. The number of hydrogen-bond acceptors (Lipinski definition) is 4. The van der Waals surface area contributed by atoms with Crippen LogP contribution in [0.1, 0.15) is 44.8 Å². The van der Waals surface area contributed by atoms with Crippen LogP contribution in [0.2, 0.25) is 0 Å². The Kier molecular flexibility index (Phi) is 4.13. The number of thiazole rings is 1. The molecule has 2 heterocycles. The predicted molar refractivity (Wildman–Crippen MR) is 78.5 cm³/mol. The summed E-state index contributed by atoms with van der Waals surface area (Å²) < 4.78 is 0. The van der Waals surface area contributed by atoms with E-state index in [9.17, 15) is 9.59 Å². The summed E-state index contributed by atoms with van der Waals surface area (Å²) in [5, 5.41) is 5.55. The molecule has 0 aromatic carbocycles. The highest BCUT2D eigenvalue weighted by Crippen LogP contribution is 2.25. The molecule has 20 heavy (non-hydrogen) atoms. The standard InChI is InChI=1S/C14H21N3O2S/c1-5-9-13(19)15-6-12(18)17(9)7-11-16-10(8-20-11)14(2,3)4/h8-9H,5-7H2,1-4H3,(H,15,19). The van der Waals surface area contributed by atoms with E-state index >= 15 is 0 Å². The van der Waals surface area contributed by atoms with Crippen LogP contribution in [-0.2, 0) is 21.5 Å². The van der Waals surface area contributed by atoms with Crippen LogP contribution in [0.5, 0.6) is 0 Å². The molecule has 2 amide bonds. The van der Waals surface area contributed by atoms with Crippen LogP contribution in [0.15, 0.2) is 5.38 Å². The average Bonchev–Trinajstić information content (AvgIpc) is 2.83. The van der Waals surface area contributed by atoms with Crippen LogP contribution in [0.3, 0.4) is 0 Å². The summed E-state index contributed by atoms with van der Waals surface area (Å²) in [5.41, 5.74) is 1.03. The van der Waals surface area contributed by atoms with Gasteiger partial charge >= 0.3 is 0 Å². The summed E-state index contributed by atoms with van der Waals surface area (Å²) >= 11 is 1.55. The van der Waals surface area contributed by atoms with Gasteiger partial charge in [-0.1, -0.05) is 27.7 Å². The molecule has 1 aliphatic rings. The minimum atomic E-state index is -0.377. The molecule has 1 unspecified atom stereocenters. The number of hydrogen-bond donors (Lipinski definition) is 1. The predicted octanol–water partition coefficient (Wildman–Crippen LogP) is 1.68. The van der Waals surface area contributed by atoms with Crippen LogP contribution >= 0.6 is 11.3 Å². The molecule has 1 aromatic rings. The Labute approximate surface area is 123 Å². The molecule has 5 nitrogen and oxygen atoms in total. The Morgan fingerprint density at radius 2 is 2.15 bits per heavy atom. The largest absolute Gasteiger partial charge is 0.345 e. The smallest absolute Gasteiger partial charge is 0.243 e. The van der Waals surface area contributed by atoms with Crippen LogP contribution < -0.4 is 5.32 Å². The Morgan fingerprint density at radius 1 is 1.45 bits per heavy atom. The molecule has 1 atom stereocenters. The lowest BCUT2D eigenvalue weighted by Crippen LogP contribution is -2.57. The van der Waals surface area contributed by atoms with E-state index in [0.717, 1.165) is 10.7 Å². The lowest BCUT2D eigenvalue weighted by molar-refractivity contribution is -0.146. The number of rotatable bonds is 3. The third kappa shape index (κ3) is 3.00. The van der Waals surface area contributed by atoms with Gasteiger partial charge in [-0.3, -0.25) is 9.59 Å². The fourth-order valence-electron chi connectivity index (χ4n) is 2.18. The van der Waals surface area contributed by atoms with Gasteiger partial charge in [0.05, 0.1) is 18.8 Å². The van der Waals surface area contributed by atoms with Crippen molar-refractivity contribution in [3.05, 3.63) is 16.1 Å². The number of piperazine rings is 1. The maximum Gasteiger partial charge on any atom is 0.243 e. The van der Waals surface area contributed by atoms with E-state index in [1.165, 1.54) is 0 Å². The van der Waals surface area contributed by atoms with Crippen molar-refractivity contribution in [3.8, 4) is 0 Å². The molecule has 0 bridgehead atoms. The van der Waals surface area contributed by atoms with E-state index in [1.807, 2.05) is 12.3 Å². The molecule has 0 aliphatic carbocycles. The maximum absolute atomic E-state index is 12.0. The molecule has 0 saturated carbocycles. The van der Waals surface area contributed by atoms with Gasteiger partial charge in [0.15, 0.2) is 0 Å². The Bertz CT molecular complexity index is 519. The highest BCUT2D eigenvalue weighted by molar-refractivity contribution is 7.09. The number of carbonyl (C=O) groups excluding carboxylic acids is 2. The summed E-state index contributed by atoms with van der Waals surface area (Å²) in [6.45, 7) is 8.76. The van der Waals surface area contributed by atoms with Crippen molar-refractivity contribution in [2.75, 3.05) is 6.54 Å². The Balaban J connectivity index is 2.16. The van der Waals surface area contributed by atoms with Crippen molar-refractivity contribution < 1.29 is 9.59 Å². The van der Waals surface area contributed by atoms with Crippen LogP contribution in [0.25, 0.3) is 0 Å². The van der Waals surface area contributed by atoms with E-state index in [1.54, 1.807) is 16.2 Å². The molecule has 1 aromatic heterocycles. The first-order chi connectivity index (χ1) is 9.32. The highest BCUT2D eigenvalue weighted by Gasteiger charge is 2.33. The van der Waals surface area contributed by atoms with Crippen LogP contribution in [-0.4, -0.2) is 34.3 Å². The number of aromatic nitrogens is 1. The fourth-order valence-corrected chi connectivity index (χ4v) is 3.19. The van der Waals surface area contributed by atoms with Crippen LogP contribution in [0, 0.1) is 0 Å². The molecule has 0 radical (unpaired) electrons. The van der Waals surface area contributed by atoms with Gasteiger partial charge in [0.2, 0.25) is 11.8 Å². The summed E-state index contributed by atoms with van der Waals surface area (Å²) in [5.74, 6) is -0.108. The Morgan fingerprint density at radius 3 is 2.70 bits per heavy atom. The molecule has 6 heteroatoms. The number of nitrogens with one attached hydrogen (secondary N) is 1. The lowest BCUT2D eigenvalue weighted by Gasteiger charge is -2.33. The molecule has 1 saturated heterocycles. The molecule has 1 fully saturated rings. The third-order valence-electron chi connectivity index (χ3n) is 3.43. The first kappa shape index (κ1) is 15.0. The van der Waals surface area contributed by atoms with Crippen molar-refractivity contribution in [2.24, 2.45) is 0 Å². The fraction of sp³-hybridized carbons (Fsp3) is 0.643. The van der Waals surface area contributed by atoms with E-state index < -0.39 is 0 Å². The van der Waals surface area contributed by atoms with Crippen molar-refractivity contribution in [3.63, 3.8) is 0 Å². The summed E-state index contributed by atoms with van der Waals surface area (Å²) in [6, 6.07) is -0.377. The number of carbonyl (C=O) groups is 2. The first-order valence-electron chi connectivity index (χ1n) is 6.85. The summed E-state index contributed by atoms with van der Waals surface area (Å²) in [7, 11) is 0. The Hall–Kier alpha value is -1.43. The third-order valence-corrected chi connectivity index (χ3v) is 4.26. The van der Waals surface area contributed by atoms with Crippen LogP contribution in [0.4, 0.5) is 0 Å². The molecule has 110 valence electrons. The summed E-state index contributed by atoms with van der Waals surface area (Å²) in [6.07, 6.45) is 0.620. The quantitative estimate of drug-likeness (QED) is 0.923. The maximum atomic E-state index is 12.0. The van der Waals surface area contributed by atoms with Crippen molar-refractivity contribution in [2.45, 2.75) is 52.1 Å². The van der Waals surface area contributed by atoms with Gasteiger partial charge in [0.1, 0.15) is 11.0 Å². The second-order valence-electron chi connectivity index (χ2n) is 6.04. The zero-order valence-electron chi connectivity index (χ0n) is 12.4. The molecule has 1 N–H and O–H groups in total. The molecular formula is C14H21N3O2S. The van der Waals surface area contributed by atoms with E-state index in [2.05, 4.69) is 31.1 Å². The van der Waals surface area contributed by atoms with Gasteiger partial charge in [-0.2, -0.15) is 0 Å². The topological polar surface area (TPSA) is 62.3 Å². The second-order valence-corrected chi connectivity index (χ2v) is 6.98. The summed E-state index contributed by atoms with van der Waals surface area (Å²) in [4.78, 5) is 30.1. The minimum absolute atomic E-state index is 0.00217. The van der Waals surface area contributed by atoms with Crippen molar-refractivity contribution >= 4 is 23.2 Å². The second kappa shape index (κ2) is 5.52. The van der Waals surface area contributed by atoms with Crippen molar-refractivity contribution in [1.29, 1.82) is 0 Å². The van der Waals surface area contributed by atoms with E-state index in [0.29, 0.717) is 13.0 Å². The molecular weight excluding hydrogens is 274 g/mol. The van der Waals surface area contributed by atoms with Crippen molar-refractivity contribution in [1.82, 2.24) is 15.2 Å². The SMILES string of the molecule is CCC1C(=O)NCC(=O)N1Cc1nc(C(C)(C)C)cs1. The molecule has 0 spiro atoms. The minimum Gasteiger partial charge on any atom is -0.345 e. The van der Waals surface area contributed by atoms with Gasteiger partial charge in [0.25, 0.3) is 0 Å². The normalized spacial score (nSPS) is 20.2. The zero-order valence-corrected chi connectivity index (χ0v) is 13.2. The van der Waals surface area contributed by atoms with Gasteiger partial charge in [-0.25, -0.2) is 4.98 Å². The van der Waals surface area contributed by atoms with Gasteiger partial charge in [-0.05, 0) is 6.42 Å². The van der Waals surface area contributed by atoms with Gasteiger partial charge in [0, 0.05) is 10.8 Å². The first-order valence-corrected chi connectivity index (χ1v) is 7.73. The van der Waals surface area contributed by atoms with Gasteiger partial charge < -0.3 is 10.2 Å². The average molecular weight is 295 g/mol. The molecule has 2 rings (SSSR count). The van der Waals surface area contributed by atoms with E-state index in [-0.39, 0.29) is 29.8 Å². The van der Waals surface area contributed by atoms with Gasteiger partial charge in [-0.15, -0.1) is 11.3 Å². The number of amides is 2.